The van der Waals surface area contributed by atoms with Gasteiger partial charge in [0, 0.05) is 122 Å². The van der Waals surface area contributed by atoms with Crippen LogP contribution in [-0.2, 0) is 36.0 Å². The van der Waals surface area contributed by atoms with Gasteiger partial charge in [0.25, 0.3) is 31.7 Å². The number of sulfonamides is 1. The van der Waals surface area contributed by atoms with Gasteiger partial charge in [-0.3, -0.25) is 29.4 Å². The van der Waals surface area contributed by atoms with Gasteiger partial charge in [0.15, 0.2) is 0 Å². The summed E-state index contributed by atoms with van der Waals surface area (Å²) in [6, 6.07) is 30.6. The number of imide groups is 1. The van der Waals surface area contributed by atoms with E-state index in [9.17, 15) is 49.2 Å². The van der Waals surface area contributed by atoms with E-state index in [1.807, 2.05) is 59.3 Å². The largest absolute Gasteiger partial charge is 0.501 e. The zero-order valence-corrected chi connectivity index (χ0v) is 52.6. The molecule has 4 amide bonds. The lowest BCUT2D eigenvalue weighted by Crippen LogP contribution is -2.52. The highest BCUT2D eigenvalue weighted by Gasteiger charge is 2.49. The second kappa shape index (κ2) is 27.4. The first kappa shape index (κ1) is 64.1. The molecule has 0 aromatic heterocycles. The molecule has 24 heteroatoms. The number of nitrogens with one attached hydrogen (secondary N) is 3. The fraction of sp³-hybridized carbons (Fsp3) is 0.429. The minimum atomic E-state index is -6.13. The number of carbonyl (C=O) groups excluding carboxylic acids is 4. The zero-order valence-electron chi connectivity index (χ0n) is 48.6. The molecule has 0 bridgehead atoms. The van der Waals surface area contributed by atoms with Crippen LogP contribution in [0.4, 0.5) is 24.5 Å². The number of rotatable bonds is 22. The van der Waals surface area contributed by atoms with Crippen molar-refractivity contribution in [3.63, 3.8) is 0 Å². The van der Waals surface area contributed by atoms with Crippen molar-refractivity contribution in [1.29, 1.82) is 0 Å². The molecular weight excluding hydrogens is 1220 g/mol. The number of thioether (sulfide) groups is 2. The molecule has 2 unspecified atom stereocenters. The van der Waals surface area contributed by atoms with E-state index in [0.29, 0.717) is 48.3 Å². The van der Waals surface area contributed by atoms with E-state index >= 15 is 0 Å². The van der Waals surface area contributed by atoms with Gasteiger partial charge in [-0.25, -0.2) is 21.6 Å². The molecule has 1 aliphatic carbocycles. The summed E-state index contributed by atoms with van der Waals surface area (Å²) >= 11 is 9.32. The van der Waals surface area contributed by atoms with Crippen molar-refractivity contribution in [2.75, 3.05) is 93.7 Å². The number of carbonyl (C=O) groups is 4. The van der Waals surface area contributed by atoms with Crippen molar-refractivity contribution in [2.45, 2.75) is 103 Å². The number of allylic oxidation sites excluding steroid dienone is 1. The van der Waals surface area contributed by atoms with E-state index in [4.69, 9.17) is 11.6 Å². The molecule has 0 spiro atoms. The highest BCUT2D eigenvalue weighted by molar-refractivity contribution is 7.99. The molecule has 0 radical (unpaired) electrons. The monoisotopic (exact) mass is 1290 g/mol. The molecule has 2 atom stereocenters. The van der Waals surface area contributed by atoms with E-state index in [-0.39, 0.29) is 29.2 Å². The van der Waals surface area contributed by atoms with Gasteiger partial charge in [0.05, 0.1) is 10.6 Å². The van der Waals surface area contributed by atoms with E-state index in [2.05, 4.69) is 56.2 Å². The minimum absolute atomic E-state index is 0.0194. The van der Waals surface area contributed by atoms with Gasteiger partial charge in [0.1, 0.15) is 10.9 Å². The van der Waals surface area contributed by atoms with E-state index < -0.39 is 64.7 Å². The molecule has 4 heterocycles. The van der Waals surface area contributed by atoms with E-state index in [0.717, 1.165) is 130 Å². The quantitative estimate of drug-likeness (QED) is 0.0337. The van der Waals surface area contributed by atoms with Crippen LogP contribution < -0.4 is 20.3 Å². The molecule has 5 aromatic rings. The Hall–Kier alpha value is -5.92. The molecule has 4 aliphatic heterocycles. The Morgan fingerprint density at radius 1 is 0.793 bits per heavy atom. The summed E-state index contributed by atoms with van der Waals surface area (Å²) in [5, 5.41) is 6.11. The predicted octanol–water partition coefficient (Wildman–Crippen LogP) is 10.1. The van der Waals surface area contributed by atoms with Crippen LogP contribution in [0, 0.1) is 5.41 Å². The molecule has 3 fully saturated rings. The van der Waals surface area contributed by atoms with Crippen molar-refractivity contribution in [2.24, 2.45) is 5.41 Å². The molecule has 5 aliphatic rings. The standard InChI is InChI=1S/C63H72ClF3N8O8S4/c1-62(2)26-24-51(43-12-16-46(64)17-13-43)45(39-62)40-73-33-35-74(36-34-73)48-18-14-44(15-19-48)59(77)70-87(82,83)50-20-21-54(57(38-50)86(80,81)63(65,66)67)68-47(42-85-49-8-4-3-5-9-49)25-28-72-31-29-71(30-32-72)27-7-37-84-56-11-6-10-52-53(56)41-75(61(52)79)55-22-23-58(76)69-60(55)78/h3-6,8-21,38,47,55,68H,7,22-37,39-42H2,1-2H3,(H,70,77)(H,69,76,78). The molecule has 16 nitrogen and oxygen atoms in total. The van der Waals surface area contributed by atoms with Gasteiger partial charge < -0.3 is 24.9 Å². The van der Waals surface area contributed by atoms with Crippen LogP contribution >= 0.6 is 35.1 Å². The third-order valence-corrected chi connectivity index (χ3v) is 22.4. The van der Waals surface area contributed by atoms with Crippen LogP contribution in [0.5, 0.6) is 0 Å². The van der Waals surface area contributed by atoms with E-state index in [1.165, 1.54) is 40.6 Å². The lowest BCUT2D eigenvalue weighted by Gasteiger charge is -2.39. The highest BCUT2D eigenvalue weighted by Crippen LogP contribution is 2.43. The van der Waals surface area contributed by atoms with Crippen LogP contribution in [0.3, 0.4) is 0 Å². The van der Waals surface area contributed by atoms with Crippen LogP contribution in [0.2, 0.25) is 5.02 Å². The van der Waals surface area contributed by atoms with Crippen LogP contribution in [0.1, 0.15) is 90.6 Å². The number of piperazine rings is 2. The highest BCUT2D eigenvalue weighted by atomic mass is 35.5. The third kappa shape index (κ3) is 15.7. The van der Waals surface area contributed by atoms with Gasteiger partial charge >= 0.3 is 5.51 Å². The smallest absolute Gasteiger partial charge is 0.380 e. The van der Waals surface area contributed by atoms with Gasteiger partial charge in [-0.1, -0.05) is 67.4 Å². The third-order valence-electron chi connectivity index (χ3n) is 17.0. The minimum Gasteiger partial charge on any atom is -0.380 e. The number of sulfone groups is 1. The second-order valence-corrected chi connectivity index (χ2v) is 29.9. The summed E-state index contributed by atoms with van der Waals surface area (Å²) in [4.78, 5) is 61.8. The Kier molecular flexibility index (Phi) is 20.2. The van der Waals surface area contributed by atoms with Crippen LogP contribution in [-0.4, -0.2) is 161 Å². The summed E-state index contributed by atoms with van der Waals surface area (Å²) in [6.07, 6.45) is 4.87. The second-order valence-electron chi connectivity index (χ2n) is 23.6. The van der Waals surface area contributed by atoms with Crippen LogP contribution in [0.25, 0.3) is 5.57 Å². The number of anilines is 2. The first-order valence-corrected chi connectivity index (χ1v) is 34.7. The molecule has 3 saturated heterocycles. The normalized spacial score (nSPS) is 19.5. The molecule has 5 aromatic carbocycles. The lowest BCUT2D eigenvalue weighted by atomic mass is 9.73. The molecule has 10 rings (SSSR count). The topological polar surface area (TPSA) is 189 Å². The zero-order chi connectivity index (χ0) is 61.7. The van der Waals surface area contributed by atoms with Crippen LogP contribution in [0.15, 0.2) is 140 Å². The molecule has 87 heavy (non-hydrogen) atoms. The number of hydrogen-bond acceptors (Lipinski definition) is 15. The summed E-state index contributed by atoms with van der Waals surface area (Å²) in [5.41, 5.74) is 0.299. The van der Waals surface area contributed by atoms with Crippen molar-refractivity contribution < 1.29 is 49.2 Å². The number of alkyl halides is 3. The predicted molar refractivity (Wildman–Crippen MR) is 335 cm³/mol. The van der Waals surface area contributed by atoms with E-state index in [1.54, 1.807) is 34.9 Å². The van der Waals surface area contributed by atoms with Crippen molar-refractivity contribution in [1.82, 2.24) is 29.6 Å². The average Bonchev–Trinajstić information content (AvgIpc) is 1.95. The summed E-state index contributed by atoms with van der Waals surface area (Å²) in [6.45, 7) is 13.2. The van der Waals surface area contributed by atoms with Gasteiger partial charge in [-0.15, -0.1) is 23.5 Å². The fourth-order valence-electron chi connectivity index (χ4n) is 12.1. The Bertz CT molecular complexity index is 3600. The van der Waals surface area contributed by atoms with Crippen molar-refractivity contribution in [3.8, 4) is 0 Å². The number of piperidine rings is 1. The molecule has 0 saturated carbocycles. The maximum absolute atomic E-state index is 14.5. The number of benzene rings is 5. The number of nitrogens with zero attached hydrogens (tertiary/aromatic N) is 5. The SMILES string of the molecule is CC1(C)CCC(c2ccc(Cl)cc2)=C(CN2CCN(c3ccc(C(=O)NS(=O)(=O)c4ccc(NC(CCN5CCN(CCCSc6cccc7c6CN(C6CCC(=O)NC6=O)C7=O)CC5)CSc5ccccc5)c(S(=O)(=O)C(F)(F)F)c4)cc3)CC2)C1. The number of amides is 4. The van der Waals surface area contributed by atoms with Crippen molar-refractivity contribution in [3.05, 3.63) is 148 Å². The van der Waals surface area contributed by atoms with Gasteiger partial charge in [0.2, 0.25) is 11.8 Å². The lowest BCUT2D eigenvalue weighted by molar-refractivity contribution is -0.136. The molecule has 3 N–H and O–H groups in total. The Balaban J connectivity index is 0.738. The first-order chi connectivity index (χ1) is 41.5. The molecular formula is C63H72ClF3N8O8S4. The Labute approximate surface area is 521 Å². The fourth-order valence-corrected chi connectivity index (χ4v) is 16.2. The number of hydrogen-bond donors (Lipinski definition) is 3. The maximum atomic E-state index is 14.5. The molecule has 464 valence electrons. The summed E-state index contributed by atoms with van der Waals surface area (Å²) in [7, 11) is -11.0. The first-order valence-electron chi connectivity index (χ1n) is 29.4. The van der Waals surface area contributed by atoms with Gasteiger partial charge in [-0.2, -0.15) is 13.2 Å². The Morgan fingerprint density at radius 2 is 1.48 bits per heavy atom. The number of halogens is 4. The summed E-state index contributed by atoms with van der Waals surface area (Å²) < 4.78 is 99.9. The average molecular weight is 1290 g/mol. The van der Waals surface area contributed by atoms with Crippen molar-refractivity contribution >= 4 is 95.6 Å². The maximum Gasteiger partial charge on any atom is 0.501 e. The number of fused-ring (bicyclic) bond motifs is 1. The Morgan fingerprint density at radius 3 is 2.17 bits per heavy atom. The van der Waals surface area contributed by atoms with Gasteiger partial charge in [-0.05, 0) is 152 Å². The summed E-state index contributed by atoms with van der Waals surface area (Å²) in [5.74, 6) is -0.908.